The van der Waals surface area contributed by atoms with Crippen LogP contribution in [0, 0.1) is 12.0 Å². The second-order valence-corrected chi connectivity index (χ2v) is 1.85. The predicted octanol–water partition coefficient (Wildman–Crippen LogP) is 1.77. The van der Waals surface area contributed by atoms with E-state index in [1.807, 2.05) is 0 Å². The van der Waals surface area contributed by atoms with Crippen molar-refractivity contribution in [1.82, 2.24) is 0 Å². The average molecular weight is 132 g/mol. The van der Waals surface area contributed by atoms with Gasteiger partial charge < -0.3 is 6.08 Å². The third kappa shape index (κ3) is 2.20. The molecule has 1 unspecified atom stereocenters. The Morgan fingerprint density at radius 3 is 2.57 bits per heavy atom. The minimum atomic E-state index is 0. The molecular formula is C6H9V-. The largest absolute Gasteiger partial charge is 0.498 e. The maximum atomic E-state index is 3.19. The fraction of sp³-hybridized carbons (Fsp3) is 0.667. The molecule has 0 nitrogen and oxygen atoms in total. The Morgan fingerprint density at radius 1 is 1.71 bits per heavy atom. The van der Waals surface area contributed by atoms with E-state index in [0.717, 1.165) is 5.92 Å². The van der Waals surface area contributed by atoms with Crippen LogP contribution in [0.3, 0.4) is 0 Å². The summed E-state index contributed by atoms with van der Waals surface area (Å²) in [6, 6.07) is 0. The zero-order valence-electron chi connectivity index (χ0n) is 4.52. The summed E-state index contributed by atoms with van der Waals surface area (Å²) >= 11 is 0. The summed E-state index contributed by atoms with van der Waals surface area (Å²) in [6.07, 6.45) is 7.89. The molecule has 0 fully saturated rings. The molecule has 1 aliphatic carbocycles. The molecule has 0 aromatic heterocycles. The van der Waals surface area contributed by atoms with E-state index in [1.54, 1.807) is 0 Å². The van der Waals surface area contributed by atoms with Crippen molar-refractivity contribution >= 4 is 0 Å². The maximum Gasteiger partial charge on any atom is 0 e. The second kappa shape index (κ2) is 3.34. The molecule has 1 radical (unpaired) electrons. The van der Waals surface area contributed by atoms with Crippen molar-refractivity contribution in [3.8, 4) is 0 Å². The van der Waals surface area contributed by atoms with Gasteiger partial charge in [-0.2, -0.15) is 5.92 Å². The molecule has 0 amide bonds. The van der Waals surface area contributed by atoms with Gasteiger partial charge in [0.1, 0.15) is 0 Å². The molecule has 0 saturated carbocycles. The Labute approximate surface area is 56.9 Å². The van der Waals surface area contributed by atoms with Gasteiger partial charge in [0.05, 0.1) is 0 Å². The van der Waals surface area contributed by atoms with Crippen LogP contribution in [0.2, 0.25) is 0 Å². The zero-order chi connectivity index (χ0) is 4.41. The van der Waals surface area contributed by atoms with Crippen LogP contribution in [0.5, 0.6) is 0 Å². The van der Waals surface area contributed by atoms with Crippen molar-refractivity contribution in [2.45, 2.75) is 19.8 Å². The molecule has 39 valence electrons. The molecule has 0 aliphatic heterocycles. The van der Waals surface area contributed by atoms with Crippen molar-refractivity contribution in [3.05, 3.63) is 12.2 Å². The summed E-state index contributed by atoms with van der Waals surface area (Å²) < 4.78 is 0. The molecule has 0 aromatic rings. The van der Waals surface area contributed by atoms with Gasteiger partial charge in [-0.1, -0.05) is 19.8 Å². The van der Waals surface area contributed by atoms with E-state index >= 15 is 0 Å². The fourth-order valence-electron chi connectivity index (χ4n) is 0.701. The standard InChI is InChI=1S/C6H9.V/c1-6-4-2-3-5-6;/h2,6H,3,5H2,1H3;/q-1;. The van der Waals surface area contributed by atoms with Crippen molar-refractivity contribution < 1.29 is 18.6 Å². The minimum Gasteiger partial charge on any atom is -0.498 e. The van der Waals surface area contributed by atoms with Gasteiger partial charge >= 0.3 is 0 Å². The SMILES string of the molecule is CC1[C-]=CCC1.[V]. The van der Waals surface area contributed by atoms with E-state index in [1.165, 1.54) is 12.8 Å². The van der Waals surface area contributed by atoms with Crippen molar-refractivity contribution in [1.29, 1.82) is 0 Å². The quantitative estimate of drug-likeness (QED) is 0.440. The zero-order valence-corrected chi connectivity index (χ0v) is 5.91. The topological polar surface area (TPSA) is 0 Å². The van der Waals surface area contributed by atoms with E-state index < -0.39 is 0 Å². The van der Waals surface area contributed by atoms with E-state index in [2.05, 4.69) is 19.1 Å². The summed E-state index contributed by atoms with van der Waals surface area (Å²) in [5.74, 6) is 0.741. The first-order valence-electron chi connectivity index (χ1n) is 2.47. The summed E-state index contributed by atoms with van der Waals surface area (Å²) in [5, 5.41) is 0. The molecule has 0 bridgehead atoms. The van der Waals surface area contributed by atoms with Gasteiger partial charge in [0.2, 0.25) is 0 Å². The Bertz CT molecular complexity index is 66.6. The first-order chi connectivity index (χ1) is 2.89. The van der Waals surface area contributed by atoms with Crippen LogP contribution in [-0.2, 0) is 18.6 Å². The molecule has 0 saturated heterocycles. The minimum absolute atomic E-state index is 0. The molecule has 0 aromatic carbocycles. The fourth-order valence-corrected chi connectivity index (χ4v) is 0.701. The van der Waals surface area contributed by atoms with Crippen LogP contribution < -0.4 is 0 Å². The molecule has 0 N–H and O–H groups in total. The van der Waals surface area contributed by atoms with Crippen LogP contribution in [0.4, 0.5) is 0 Å². The van der Waals surface area contributed by atoms with Crippen LogP contribution in [-0.4, -0.2) is 0 Å². The molecular weight excluding hydrogens is 123 g/mol. The predicted molar refractivity (Wildman–Crippen MR) is 26.2 cm³/mol. The summed E-state index contributed by atoms with van der Waals surface area (Å²) in [4.78, 5) is 0. The van der Waals surface area contributed by atoms with Crippen LogP contribution in [0.15, 0.2) is 6.08 Å². The van der Waals surface area contributed by atoms with E-state index in [-0.39, 0.29) is 18.6 Å². The molecule has 1 heteroatoms. The van der Waals surface area contributed by atoms with Crippen LogP contribution in [0.1, 0.15) is 19.8 Å². The number of hydrogen-bond acceptors (Lipinski definition) is 0. The molecule has 0 heterocycles. The smallest absolute Gasteiger partial charge is 0 e. The number of allylic oxidation sites excluding steroid dienone is 2. The van der Waals surface area contributed by atoms with Crippen LogP contribution >= 0.6 is 0 Å². The first-order valence-corrected chi connectivity index (χ1v) is 2.47. The second-order valence-electron chi connectivity index (χ2n) is 1.85. The first kappa shape index (κ1) is 7.32. The van der Waals surface area contributed by atoms with Gasteiger partial charge in [0.25, 0.3) is 0 Å². The summed E-state index contributed by atoms with van der Waals surface area (Å²) in [7, 11) is 0. The third-order valence-corrected chi connectivity index (χ3v) is 1.15. The number of rotatable bonds is 0. The summed E-state index contributed by atoms with van der Waals surface area (Å²) in [6.45, 7) is 2.20. The Hall–Kier alpha value is 0.324. The average Bonchev–Trinajstić information content (AvgIpc) is 1.86. The van der Waals surface area contributed by atoms with Gasteiger partial charge in [-0.05, 0) is 0 Å². The van der Waals surface area contributed by atoms with Gasteiger partial charge in [0.15, 0.2) is 0 Å². The van der Waals surface area contributed by atoms with Gasteiger partial charge in [-0.15, -0.1) is 0 Å². The molecule has 0 spiro atoms. The Morgan fingerprint density at radius 2 is 2.43 bits per heavy atom. The number of hydrogen-bond donors (Lipinski definition) is 0. The van der Waals surface area contributed by atoms with Gasteiger partial charge in [0, 0.05) is 18.6 Å². The van der Waals surface area contributed by atoms with Crippen LogP contribution in [0.25, 0.3) is 0 Å². The van der Waals surface area contributed by atoms with Crippen molar-refractivity contribution in [2.75, 3.05) is 0 Å². The molecule has 1 rings (SSSR count). The van der Waals surface area contributed by atoms with E-state index in [0.29, 0.717) is 0 Å². The van der Waals surface area contributed by atoms with E-state index in [9.17, 15) is 0 Å². The normalized spacial score (nSPS) is 27.3. The van der Waals surface area contributed by atoms with Crippen molar-refractivity contribution in [2.24, 2.45) is 5.92 Å². The molecule has 1 atom stereocenters. The maximum absolute atomic E-state index is 3.19. The monoisotopic (exact) mass is 132 g/mol. The third-order valence-electron chi connectivity index (χ3n) is 1.15. The van der Waals surface area contributed by atoms with E-state index in [4.69, 9.17) is 0 Å². The van der Waals surface area contributed by atoms with Crippen molar-refractivity contribution in [3.63, 3.8) is 0 Å². The van der Waals surface area contributed by atoms with Gasteiger partial charge in [-0.3, -0.25) is 6.08 Å². The molecule has 1 aliphatic rings. The molecule has 7 heavy (non-hydrogen) atoms. The summed E-state index contributed by atoms with van der Waals surface area (Å²) in [5.41, 5.74) is 0. The van der Waals surface area contributed by atoms with Gasteiger partial charge in [-0.25, -0.2) is 0 Å². The Balaban J connectivity index is 0.000000360. The Kier molecular flexibility index (Phi) is 3.50.